The highest BCUT2D eigenvalue weighted by atomic mass is 16.3. The SMILES string of the molecule is CCc1occc1C(O)c1ccc2c(c1)CN(C)C(=O)N2. The van der Waals surface area contributed by atoms with Crippen LogP contribution in [0.2, 0.25) is 0 Å². The maximum atomic E-state index is 11.6. The Balaban J connectivity index is 1.94. The van der Waals surface area contributed by atoms with Crippen LogP contribution in [0.5, 0.6) is 0 Å². The summed E-state index contributed by atoms with van der Waals surface area (Å²) in [4.78, 5) is 13.2. The summed E-state index contributed by atoms with van der Waals surface area (Å²) in [6.07, 6.45) is 1.62. The Morgan fingerprint density at radius 2 is 2.24 bits per heavy atom. The van der Waals surface area contributed by atoms with E-state index in [-0.39, 0.29) is 6.03 Å². The van der Waals surface area contributed by atoms with Gasteiger partial charge in [0.2, 0.25) is 0 Å². The number of anilines is 1. The Morgan fingerprint density at radius 3 is 3.00 bits per heavy atom. The number of nitrogens with one attached hydrogen (secondary N) is 1. The number of carbonyl (C=O) groups excluding carboxylic acids is 1. The molecule has 2 amide bonds. The molecule has 5 nitrogen and oxygen atoms in total. The van der Waals surface area contributed by atoms with Gasteiger partial charge in [0.25, 0.3) is 0 Å². The molecule has 0 aliphatic carbocycles. The third-order valence-corrected chi connectivity index (χ3v) is 3.84. The number of hydrogen-bond acceptors (Lipinski definition) is 3. The molecule has 1 aromatic carbocycles. The molecule has 1 atom stereocenters. The summed E-state index contributed by atoms with van der Waals surface area (Å²) in [7, 11) is 1.74. The molecular weight excluding hydrogens is 268 g/mol. The Kier molecular flexibility index (Phi) is 3.43. The van der Waals surface area contributed by atoms with Gasteiger partial charge in [0.1, 0.15) is 11.9 Å². The average molecular weight is 286 g/mol. The van der Waals surface area contributed by atoms with Crippen LogP contribution in [0.15, 0.2) is 34.9 Å². The van der Waals surface area contributed by atoms with E-state index in [4.69, 9.17) is 4.42 Å². The van der Waals surface area contributed by atoms with E-state index >= 15 is 0 Å². The van der Waals surface area contributed by atoms with Crippen LogP contribution in [0.25, 0.3) is 0 Å². The summed E-state index contributed by atoms with van der Waals surface area (Å²) >= 11 is 0. The molecule has 110 valence electrons. The largest absolute Gasteiger partial charge is 0.469 e. The third-order valence-electron chi connectivity index (χ3n) is 3.84. The standard InChI is InChI=1S/C16H18N2O3/c1-3-14-12(6-7-21-14)15(19)10-4-5-13-11(8-10)9-18(2)16(20)17-13/h4-8,15,19H,3,9H2,1-2H3,(H,17,20). The molecule has 1 aliphatic heterocycles. The normalized spacial score (nSPS) is 15.6. The predicted octanol–water partition coefficient (Wildman–Crippen LogP) is 2.90. The fourth-order valence-electron chi connectivity index (χ4n) is 2.64. The van der Waals surface area contributed by atoms with Gasteiger partial charge in [-0.1, -0.05) is 13.0 Å². The monoisotopic (exact) mass is 286 g/mol. The van der Waals surface area contributed by atoms with Crippen LogP contribution in [-0.4, -0.2) is 23.1 Å². The lowest BCUT2D eigenvalue weighted by atomic mass is 9.97. The molecule has 0 spiro atoms. The van der Waals surface area contributed by atoms with E-state index in [0.29, 0.717) is 6.54 Å². The number of carbonyl (C=O) groups is 1. The maximum absolute atomic E-state index is 11.6. The van der Waals surface area contributed by atoms with Gasteiger partial charge in [-0.15, -0.1) is 0 Å². The van der Waals surface area contributed by atoms with E-state index in [0.717, 1.165) is 34.6 Å². The van der Waals surface area contributed by atoms with Gasteiger partial charge in [-0.25, -0.2) is 4.79 Å². The van der Waals surface area contributed by atoms with Crippen molar-refractivity contribution in [3.8, 4) is 0 Å². The molecule has 0 saturated carbocycles. The van der Waals surface area contributed by atoms with Crippen molar-refractivity contribution >= 4 is 11.7 Å². The Labute approximate surface area is 123 Å². The summed E-state index contributed by atoms with van der Waals surface area (Å²) in [6, 6.07) is 7.30. The number of rotatable bonds is 3. The van der Waals surface area contributed by atoms with Crippen molar-refractivity contribution < 1.29 is 14.3 Å². The van der Waals surface area contributed by atoms with Crippen LogP contribution in [0.1, 0.15) is 35.5 Å². The minimum absolute atomic E-state index is 0.112. The first-order chi connectivity index (χ1) is 10.1. The Morgan fingerprint density at radius 1 is 1.43 bits per heavy atom. The average Bonchev–Trinajstić information content (AvgIpc) is 2.95. The van der Waals surface area contributed by atoms with E-state index in [2.05, 4.69) is 5.32 Å². The van der Waals surface area contributed by atoms with E-state index in [1.165, 1.54) is 0 Å². The molecule has 2 aromatic rings. The number of aliphatic hydroxyl groups excluding tert-OH is 1. The number of furan rings is 1. The van der Waals surface area contributed by atoms with Crippen LogP contribution >= 0.6 is 0 Å². The molecule has 3 rings (SSSR count). The molecule has 5 heteroatoms. The molecule has 1 unspecified atom stereocenters. The Bertz CT molecular complexity index is 678. The van der Waals surface area contributed by atoms with Crippen LogP contribution in [0.3, 0.4) is 0 Å². The third kappa shape index (κ3) is 2.40. The number of fused-ring (bicyclic) bond motifs is 1. The molecule has 2 N–H and O–H groups in total. The van der Waals surface area contributed by atoms with E-state index < -0.39 is 6.10 Å². The van der Waals surface area contributed by atoms with Crippen LogP contribution < -0.4 is 5.32 Å². The van der Waals surface area contributed by atoms with Crippen molar-refractivity contribution in [1.82, 2.24) is 4.90 Å². The van der Waals surface area contributed by atoms with Gasteiger partial charge in [-0.2, -0.15) is 0 Å². The van der Waals surface area contributed by atoms with Crippen molar-refractivity contribution in [2.24, 2.45) is 0 Å². The minimum Gasteiger partial charge on any atom is -0.469 e. The zero-order valence-corrected chi connectivity index (χ0v) is 12.1. The highest BCUT2D eigenvalue weighted by molar-refractivity contribution is 5.92. The van der Waals surface area contributed by atoms with Crippen molar-refractivity contribution in [2.45, 2.75) is 26.0 Å². The quantitative estimate of drug-likeness (QED) is 0.911. The topological polar surface area (TPSA) is 65.7 Å². The smallest absolute Gasteiger partial charge is 0.321 e. The fraction of sp³-hybridized carbons (Fsp3) is 0.312. The van der Waals surface area contributed by atoms with Gasteiger partial charge in [-0.05, 0) is 29.3 Å². The number of urea groups is 1. The van der Waals surface area contributed by atoms with Gasteiger partial charge in [0, 0.05) is 31.3 Å². The van der Waals surface area contributed by atoms with Crippen LogP contribution in [0.4, 0.5) is 10.5 Å². The van der Waals surface area contributed by atoms with Crippen LogP contribution in [-0.2, 0) is 13.0 Å². The molecule has 1 aliphatic rings. The molecule has 0 saturated heterocycles. The van der Waals surface area contributed by atoms with E-state index in [1.807, 2.05) is 25.1 Å². The molecule has 2 heterocycles. The first-order valence-electron chi connectivity index (χ1n) is 6.99. The molecule has 1 aromatic heterocycles. The first-order valence-corrected chi connectivity index (χ1v) is 6.99. The van der Waals surface area contributed by atoms with Crippen LogP contribution in [0, 0.1) is 0 Å². The fourth-order valence-corrected chi connectivity index (χ4v) is 2.64. The summed E-state index contributed by atoms with van der Waals surface area (Å²) in [5, 5.41) is 13.4. The minimum atomic E-state index is -0.716. The predicted molar refractivity (Wildman–Crippen MR) is 79.1 cm³/mol. The second kappa shape index (κ2) is 5.26. The van der Waals surface area contributed by atoms with E-state index in [9.17, 15) is 9.90 Å². The van der Waals surface area contributed by atoms with Gasteiger partial charge in [0.15, 0.2) is 0 Å². The van der Waals surface area contributed by atoms with Gasteiger partial charge >= 0.3 is 6.03 Å². The lowest BCUT2D eigenvalue weighted by Crippen LogP contribution is -2.35. The first kappa shape index (κ1) is 13.7. The summed E-state index contributed by atoms with van der Waals surface area (Å²) in [6.45, 7) is 2.53. The zero-order valence-electron chi connectivity index (χ0n) is 12.1. The summed E-state index contributed by atoms with van der Waals surface area (Å²) in [5.74, 6) is 0.797. The number of nitrogens with zero attached hydrogens (tertiary/aromatic N) is 1. The summed E-state index contributed by atoms with van der Waals surface area (Å²) in [5.41, 5.74) is 3.40. The molecule has 0 fully saturated rings. The highest BCUT2D eigenvalue weighted by Crippen LogP contribution is 2.30. The van der Waals surface area contributed by atoms with Crippen molar-refractivity contribution in [3.63, 3.8) is 0 Å². The van der Waals surface area contributed by atoms with Crippen molar-refractivity contribution in [2.75, 3.05) is 12.4 Å². The van der Waals surface area contributed by atoms with E-state index in [1.54, 1.807) is 24.3 Å². The molecular formula is C16H18N2O3. The number of benzene rings is 1. The van der Waals surface area contributed by atoms with Crippen molar-refractivity contribution in [3.05, 3.63) is 53.0 Å². The van der Waals surface area contributed by atoms with Gasteiger partial charge in [-0.3, -0.25) is 0 Å². The molecule has 0 radical (unpaired) electrons. The van der Waals surface area contributed by atoms with Gasteiger partial charge < -0.3 is 19.7 Å². The molecule has 0 bridgehead atoms. The van der Waals surface area contributed by atoms with Gasteiger partial charge in [0.05, 0.1) is 6.26 Å². The molecule has 21 heavy (non-hydrogen) atoms. The van der Waals surface area contributed by atoms with Crippen molar-refractivity contribution in [1.29, 1.82) is 0 Å². The number of aryl methyl sites for hydroxylation is 1. The number of hydrogen-bond donors (Lipinski definition) is 2. The Hall–Kier alpha value is -2.27. The highest BCUT2D eigenvalue weighted by Gasteiger charge is 2.22. The lowest BCUT2D eigenvalue weighted by Gasteiger charge is -2.26. The second-order valence-corrected chi connectivity index (χ2v) is 5.26. The maximum Gasteiger partial charge on any atom is 0.321 e. The number of aliphatic hydroxyl groups is 1. The lowest BCUT2D eigenvalue weighted by molar-refractivity contribution is 0.215. The summed E-state index contributed by atoms with van der Waals surface area (Å²) < 4.78 is 5.37. The second-order valence-electron chi connectivity index (χ2n) is 5.26. The number of amides is 2. The zero-order chi connectivity index (χ0) is 15.0.